The highest BCUT2D eigenvalue weighted by Crippen LogP contribution is 2.45. The Balaban J connectivity index is 5.22. The van der Waals surface area contributed by atoms with E-state index in [-0.39, 0.29) is 25.7 Å². The number of carbonyl (C=O) groups is 4. The van der Waals surface area contributed by atoms with E-state index in [0.717, 1.165) is 95.8 Å². The second-order valence-corrected chi connectivity index (χ2v) is 34.0. The van der Waals surface area contributed by atoms with Gasteiger partial charge in [0.2, 0.25) is 0 Å². The Labute approximate surface area is 638 Å². The summed E-state index contributed by atoms with van der Waals surface area (Å²) in [4.78, 5) is 73.2. The van der Waals surface area contributed by atoms with Gasteiger partial charge in [0, 0.05) is 25.7 Å². The first-order valence-electron chi connectivity index (χ1n) is 44.1. The van der Waals surface area contributed by atoms with Crippen LogP contribution in [0.4, 0.5) is 0 Å². The molecule has 104 heavy (non-hydrogen) atoms. The van der Waals surface area contributed by atoms with Gasteiger partial charge < -0.3 is 33.8 Å². The first-order chi connectivity index (χ1) is 50.5. The molecule has 0 aliphatic heterocycles. The Hall–Kier alpha value is -1.94. The molecule has 0 heterocycles. The summed E-state index contributed by atoms with van der Waals surface area (Å²) < 4.78 is 68.9. The molecule has 0 aromatic rings. The van der Waals surface area contributed by atoms with Gasteiger partial charge in [0.1, 0.15) is 19.3 Å². The minimum atomic E-state index is -4.96. The van der Waals surface area contributed by atoms with Gasteiger partial charge in [-0.25, -0.2) is 9.13 Å². The van der Waals surface area contributed by atoms with Crippen LogP contribution >= 0.6 is 15.6 Å². The molecule has 618 valence electrons. The summed E-state index contributed by atoms with van der Waals surface area (Å²) in [5, 5.41) is 10.7. The highest BCUT2D eigenvalue weighted by atomic mass is 31.2. The van der Waals surface area contributed by atoms with Crippen LogP contribution in [0.2, 0.25) is 0 Å². The van der Waals surface area contributed by atoms with Crippen LogP contribution in [-0.2, 0) is 65.4 Å². The number of unbranched alkanes of at least 4 members (excludes halogenated alkanes) is 57. The molecule has 0 spiro atoms. The molecule has 19 heteroatoms. The molecule has 17 nitrogen and oxygen atoms in total. The van der Waals surface area contributed by atoms with Crippen molar-refractivity contribution < 1.29 is 80.2 Å². The average molecular weight is 1520 g/mol. The molecule has 2 unspecified atom stereocenters. The lowest BCUT2D eigenvalue weighted by atomic mass is 10.0. The Kier molecular flexibility index (Phi) is 76.3. The Bertz CT molecular complexity index is 1980. The zero-order valence-corrected chi connectivity index (χ0v) is 70.0. The predicted molar refractivity (Wildman–Crippen MR) is 428 cm³/mol. The number of aliphatic hydroxyl groups is 1. The number of hydrogen-bond acceptors (Lipinski definition) is 15. The second kappa shape index (κ2) is 77.8. The van der Waals surface area contributed by atoms with E-state index in [9.17, 15) is 43.2 Å². The van der Waals surface area contributed by atoms with E-state index in [1.165, 1.54) is 283 Å². The number of ether oxygens (including phenoxy) is 4. The first-order valence-corrected chi connectivity index (χ1v) is 47.1. The summed E-state index contributed by atoms with van der Waals surface area (Å²) in [6.45, 7) is 7.34. The molecule has 0 amide bonds. The zero-order chi connectivity index (χ0) is 76.2. The summed E-state index contributed by atoms with van der Waals surface area (Å²) in [7, 11) is -9.92. The predicted octanol–water partition coefficient (Wildman–Crippen LogP) is 26.0. The second-order valence-electron chi connectivity index (χ2n) is 31.1. The number of phosphoric ester groups is 2. The molecule has 0 saturated carbocycles. The monoisotopic (exact) mass is 1520 g/mol. The van der Waals surface area contributed by atoms with E-state index >= 15 is 0 Å². The maximum absolute atomic E-state index is 13.1. The topological polar surface area (TPSA) is 237 Å². The fourth-order valence-electron chi connectivity index (χ4n) is 13.3. The molecule has 0 aliphatic carbocycles. The molecular formula is C85H166O17P2. The van der Waals surface area contributed by atoms with Crippen molar-refractivity contribution >= 4 is 39.5 Å². The first kappa shape index (κ1) is 102. The highest BCUT2D eigenvalue weighted by Gasteiger charge is 2.30. The van der Waals surface area contributed by atoms with Crippen molar-refractivity contribution in [2.75, 3.05) is 39.6 Å². The van der Waals surface area contributed by atoms with E-state index in [2.05, 4.69) is 34.6 Å². The quantitative estimate of drug-likeness (QED) is 0.0222. The molecular weight excluding hydrogens is 1350 g/mol. The van der Waals surface area contributed by atoms with E-state index in [0.29, 0.717) is 25.7 Å². The number of rotatable bonds is 85. The molecule has 0 aromatic carbocycles. The van der Waals surface area contributed by atoms with Gasteiger partial charge in [0.15, 0.2) is 12.2 Å². The van der Waals surface area contributed by atoms with E-state index in [1.807, 2.05) is 0 Å². The third-order valence-electron chi connectivity index (χ3n) is 20.0. The van der Waals surface area contributed by atoms with Gasteiger partial charge in [0.25, 0.3) is 0 Å². The van der Waals surface area contributed by atoms with Gasteiger partial charge in [-0.05, 0) is 31.6 Å². The van der Waals surface area contributed by atoms with Crippen molar-refractivity contribution in [2.45, 2.75) is 477 Å². The molecule has 3 N–H and O–H groups in total. The Morgan fingerprint density at radius 1 is 0.260 bits per heavy atom. The van der Waals surface area contributed by atoms with Crippen molar-refractivity contribution in [3.63, 3.8) is 0 Å². The maximum Gasteiger partial charge on any atom is 0.472 e. The fraction of sp³-hybridized carbons (Fsp3) is 0.953. The van der Waals surface area contributed by atoms with Crippen LogP contribution in [0.15, 0.2) is 0 Å². The van der Waals surface area contributed by atoms with Gasteiger partial charge in [-0.15, -0.1) is 0 Å². The Morgan fingerprint density at radius 2 is 0.442 bits per heavy atom. The molecule has 0 rings (SSSR count). The minimum Gasteiger partial charge on any atom is -0.462 e. The molecule has 0 bridgehead atoms. The van der Waals surface area contributed by atoms with Crippen molar-refractivity contribution in [3.05, 3.63) is 0 Å². The van der Waals surface area contributed by atoms with Crippen LogP contribution in [0.1, 0.15) is 458 Å². The van der Waals surface area contributed by atoms with Crippen molar-refractivity contribution in [3.8, 4) is 0 Å². The van der Waals surface area contributed by atoms with E-state index < -0.39 is 97.5 Å². The van der Waals surface area contributed by atoms with Crippen LogP contribution in [0.3, 0.4) is 0 Å². The molecule has 0 fully saturated rings. The van der Waals surface area contributed by atoms with Gasteiger partial charge in [-0.3, -0.25) is 37.3 Å². The van der Waals surface area contributed by atoms with Gasteiger partial charge in [-0.1, -0.05) is 407 Å². The lowest BCUT2D eigenvalue weighted by Crippen LogP contribution is -2.30. The lowest BCUT2D eigenvalue weighted by molar-refractivity contribution is -0.161. The standard InChI is InChI=1S/C85H166O17P2/c1-6-9-12-15-18-21-24-27-29-31-32-33-34-35-37-39-41-44-50-55-60-65-70-84(89)101-80(74-96-83(88)69-64-59-54-49-43-40-38-36-30-28-25-22-19-16-13-10-7-2)76-99-103(91,92)97-72-79(86)73-98-104(93,94)100-77-81(75-95-82(87)68-63-58-53-48-42-26-23-20-17-14-11-8-3)102-85(90)71-66-61-56-51-46-45-47-52-57-62-67-78(4)5/h78-81,86H,6-77H2,1-5H3,(H,91,92)(H,93,94)/t79-,80-,81-/m1/s1. The maximum atomic E-state index is 13.1. The molecule has 0 aromatic heterocycles. The largest absolute Gasteiger partial charge is 0.472 e. The third kappa shape index (κ3) is 78.2. The Morgan fingerprint density at radius 3 is 0.654 bits per heavy atom. The van der Waals surface area contributed by atoms with Crippen molar-refractivity contribution in [2.24, 2.45) is 5.92 Å². The fourth-order valence-corrected chi connectivity index (χ4v) is 14.9. The number of hydrogen-bond donors (Lipinski definition) is 3. The van der Waals surface area contributed by atoms with E-state index in [1.54, 1.807) is 0 Å². The van der Waals surface area contributed by atoms with Gasteiger partial charge in [-0.2, -0.15) is 0 Å². The summed E-state index contributed by atoms with van der Waals surface area (Å²) in [6, 6.07) is 0. The summed E-state index contributed by atoms with van der Waals surface area (Å²) in [6.07, 6.45) is 70.8. The van der Waals surface area contributed by atoms with Crippen molar-refractivity contribution in [1.82, 2.24) is 0 Å². The molecule has 5 atom stereocenters. The van der Waals surface area contributed by atoms with Crippen LogP contribution in [0, 0.1) is 5.92 Å². The normalized spacial score (nSPS) is 13.8. The van der Waals surface area contributed by atoms with Crippen molar-refractivity contribution in [1.29, 1.82) is 0 Å². The third-order valence-corrected chi connectivity index (χ3v) is 21.9. The number of aliphatic hydroxyl groups excluding tert-OH is 1. The summed E-state index contributed by atoms with van der Waals surface area (Å²) >= 11 is 0. The smallest absolute Gasteiger partial charge is 0.462 e. The average Bonchev–Trinajstić information content (AvgIpc) is 0.902. The molecule has 0 radical (unpaired) electrons. The minimum absolute atomic E-state index is 0.107. The molecule has 0 aliphatic rings. The SMILES string of the molecule is CCCCCCCCCCCCCCCCCCCCCCCCC(=O)O[C@H](COC(=O)CCCCCCCCCCCCCCCCCCC)COP(=O)(O)OC[C@@H](O)COP(=O)(O)OC[C@@H](COC(=O)CCCCCCCCCCCCCC)OC(=O)CCCCCCCCCCCCC(C)C. The molecule has 0 saturated heterocycles. The lowest BCUT2D eigenvalue weighted by Gasteiger charge is -2.21. The van der Waals surface area contributed by atoms with Crippen LogP contribution in [0.5, 0.6) is 0 Å². The van der Waals surface area contributed by atoms with E-state index in [4.69, 9.17) is 37.0 Å². The summed E-state index contributed by atoms with van der Waals surface area (Å²) in [5.74, 6) is -1.35. The van der Waals surface area contributed by atoms with Crippen LogP contribution in [-0.4, -0.2) is 96.7 Å². The van der Waals surface area contributed by atoms with Crippen LogP contribution < -0.4 is 0 Å². The number of phosphoric acid groups is 2. The van der Waals surface area contributed by atoms with Gasteiger partial charge in [0.05, 0.1) is 26.4 Å². The number of carbonyl (C=O) groups excluding carboxylic acids is 4. The summed E-state index contributed by atoms with van der Waals surface area (Å²) in [5.41, 5.74) is 0. The highest BCUT2D eigenvalue weighted by molar-refractivity contribution is 7.47. The zero-order valence-electron chi connectivity index (χ0n) is 68.2. The van der Waals surface area contributed by atoms with Crippen LogP contribution in [0.25, 0.3) is 0 Å². The van der Waals surface area contributed by atoms with Gasteiger partial charge >= 0.3 is 39.5 Å². The number of esters is 4.